The second kappa shape index (κ2) is 7.31. The number of amides is 1. The number of hydrogen-bond donors (Lipinski definition) is 2. The molecule has 0 aliphatic rings. The second-order valence-electron chi connectivity index (χ2n) is 4.67. The second-order valence-corrected chi connectivity index (χ2v) is 4.67. The summed E-state index contributed by atoms with van der Waals surface area (Å²) in [6, 6.07) is 9.06. The quantitative estimate of drug-likeness (QED) is 0.657. The molecule has 0 aliphatic carbocycles. The van der Waals surface area contributed by atoms with E-state index < -0.39 is 5.82 Å². The Morgan fingerprint density at radius 1 is 1.13 bits per heavy atom. The number of carbonyl (C=O) groups is 1. The molecule has 2 aromatic carbocycles. The first-order valence-electron chi connectivity index (χ1n) is 6.79. The van der Waals surface area contributed by atoms with E-state index in [2.05, 4.69) is 5.32 Å². The Bertz CT molecular complexity index is 745. The van der Waals surface area contributed by atoms with Crippen molar-refractivity contribution >= 4 is 23.4 Å². The molecule has 0 saturated carbocycles. The minimum atomic E-state index is -0.457. The van der Waals surface area contributed by atoms with Gasteiger partial charge in [-0.05, 0) is 42.0 Å². The number of anilines is 2. The molecular formula is C17H17FN2O3. The van der Waals surface area contributed by atoms with E-state index >= 15 is 0 Å². The number of nitrogen functional groups attached to an aromatic ring is 1. The molecular weight excluding hydrogens is 299 g/mol. The summed E-state index contributed by atoms with van der Waals surface area (Å²) in [5.41, 5.74) is 6.93. The lowest BCUT2D eigenvalue weighted by Gasteiger charge is -2.08. The molecule has 0 aliphatic heterocycles. The SMILES string of the molecule is COc1ccc(/C=C/C(=O)Nc2ccc(F)cc2N)cc1OC. The molecule has 0 spiro atoms. The molecule has 3 N–H and O–H groups in total. The molecule has 120 valence electrons. The van der Waals surface area contributed by atoms with Crippen molar-refractivity contribution in [3.8, 4) is 11.5 Å². The van der Waals surface area contributed by atoms with Crippen molar-refractivity contribution in [1.29, 1.82) is 0 Å². The number of nitrogens with two attached hydrogens (primary N) is 1. The van der Waals surface area contributed by atoms with Crippen LogP contribution < -0.4 is 20.5 Å². The van der Waals surface area contributed by atoms with Crippen LogP contribution in [0.3, 0.4) is 0 Å². The van der Waals surface area contributed by atoms with Gasteiger partial charge >= 0.3 is 0 Å². The van der Waals surface area contributed by atoms with Gasteiger partial charge in [0.25, 0.3) is 0 Å². The summed E-state index contributed by atoms with van der Waals surface area (Å²) < 4.78 is 23.3. The van der Waals surface area contributed by atoms with Gasteiger partial charge in [0, 0.05) is 6.08 Å². The van der Waals surface area contributed by atoms with Gasteiger partial charge in [-0.1, -0.05) is 6.07 Å². The van der Waals surface area contributed by atoms with Crippen LogP contribution in [0.1, 0.15) is 5.56 Å². The first kappa shape index (κ1) is 16.4. The number of rotatable bonds is 5. The minimum absolute atomic E-state index is 0.165. The fraction of sp³-hybridized carbons (Fsp3) is 0.118. The van der Waals surface area contributed by atoms with Gasteiger partial charge < -0.3 is 20.5 Å². The number of carbonyl (C=O) groups excluding carboxylic acids is 1. The highest BCUT2D eigenvalue weighted by Gasteiger charge is 2.05. The maximum Gasteiger partial charge on any atom is 0.248 e. The summed E-state index contributed by atoms with van der Waals surface area (Å²) in [6.07, 6.45) is 2.97. The molecule has 0 radical (unpaired) electrons. The lowest BCUT2D eigenvalue weighted by molar-refractivity contribution is -0.111. The largest absolute Gasteiger partial charge is 0.493 e. The van der Waals surface area contributed by atoms with Crippen LogP contribution in [0.5, 0.6) is 11.5 Å². The van der Waals surface area contributed by atoms with Crippen molar-refractivity contribution in [2.24, 2.45) is 0 Å². The molecule has 0 heterocycles. The minimum Gasteiger partial charge on any atom is -0.493 e. The fourth-order valence-electron chi connectivity index (χ4n) is 1.95. The Morgan fingerprint density at radius 2 is 1.87 bits per heavy atom. The van der Waals surface area contributed by atoms with Gasteiger partial charge in [0.05, 0.1) is 25.6 Å². The number of nitrogens with one attached hydrogen (secondary N) is 1. The van der Waals surface area contributed by atoms with Crippen molar-refractivity contribution in [2.45, 2.75) is 0 Å². The van der Waals surface area contributed by atoms with Crippen LogP contribution in [-0.4, -0.2) is 20.1 Å². The van der Waals surface area contributed by atoms with E-state index in [1.165, 1.54) is 25.3 Å². The smallest absolute Gasteiger partial charge is 0.248 e. The van der Waals surface area contributed by atoms with Crippen LogP contribution >= 0.6 is 0 Å². The van der Waals surface area contributed by atoms with Crippen molar-refractivity contribution in [3.05, 3.63) is 53.9 Å². The van der Waals surface area contributed by atoms with Gasteiger partial charge in [-0.3, -0.25) is 4.79 Å². The van der Waals surface area contributed by atoms with Gasteiger partial charge in [0.2, 0.25) is 5.91 Å². The van der Waals surface area contributed by atoms with E-state index in [0.717, 1.165) is 11.6 Å². The van der Waals surface area contributed by atoms with Crippen molar-refractivity contribution < 1.29 is 18.7 Å². The Labute approximate surface area is 133 Å². The summed E-state index contributed by atoms with van der Waals surface area (Å²) in [5.74, 6) is 0.338. The number of benzene rings is 2. The maximum absolute atomic E-state index is 13.0. The molecule has 0 atom stereocenters. The Balaban J connectivity index is 2.09. The average molecular weight is 316 g/mol. The number of ether oxygens (including phenoxy) is 2. The van der Waals surface area contributed by atoms with Crippen LogP contribution in [0.2, 0.25) is 0 Å². The van der Waals surface area contributed by atoms with Gasteiger partial charge in [0.1, 0.15) is 5.82 Å². The fourth-order valence-corrected chi connectivity index (χ4v) is 1.95. The lowest BCUT2D eigenvalue weighted by Crippen LogP contribution is -2.09. The van der Waals surface area contributed by atoms with E-state index in [9.17, 15) is 9.18 Å². The van der Waals surface area contributed by atoms with Crippen molar-refractivity contribution in [2.75, 3.05) is 25.3 Å². The number of hydrogen-bond acceptors (Lipinski definition) is 4. The molecule has 23 heavy (non-hydrogen) atoms. The molecule has 2 rings (SSSR count). The Morgan fingerprint density at radius 3 is 2.52 bits per heavy atom. The Kier molecular flexibility index (Phi) is 5.19. The van der Waals surface area contributed by atoms with Crippen molar-refractivity contribution in [1.82, 2.24) is 0 Å². The van der Waals surface area contributed by atoms with Gasteiger partial charge in [-0.15, -0.1) is 0 Å². The van der Waals surface area contributed by atoms with Crippen LogP contribution in [0.25, 0.3) is 6.08 Å². The highest BCUT2D eigenvalue weighted by molar-refractivity contribution is 6.03. The highest BCUT2D eigenvalue weighted by Crippen LogP contribution is 2.28. The topological polar surface area (TPSA) is 73.6 Å². The zero-order valence-corrected chi connectivity index (χ0v) is 12.8. The first-order valence-corrected chi connectivity index (χ1v) is 6.79. The predicted octanol–water partition coefficient (Wildman–Crippen LogP) is 3.08. The molecule has 0 fully saturated rings. The average Bonchev–Trinajstić information content (AvgIpc) is 2.55. The van der Waals surface area contributed by atoms with E-state index in [-0.39, 0.29) is 11.6 Å². The molecule has 0 saturated heterocycles. The molecule has 5 nitrogen and oxygen atoms in total. The van der Waals surface area contributed by atoms with E-state index in [1.54, 1.807) is 31.4 Å². The van der Waals surface area contributed by atoms with Crippen LogP contribution in [-0.2, 0) is 4.79 Å². The molecule has 0 unspecified atom stereocenters. The summed E-state index contributed by atoms with van der Waals surface area (Å²) >= 11 is 0. The lowest BCUT2D eigenvalue weighted by atomic mass is 10.2. The molecule has 2 aromatic rings. The first-order chi connectivity index (χ1) is 11.0. The highest BCUT2D eigenvalue weighted by atomic mass is 19.1. The molecule has 0 aromatic heterocycles. The normalized spacial score (nSPS) is 10.6. The van der Waals surface area contributed by atoms with Crippen LogP contribution in [0.15, 0.2) is 42.5 Å². The third-order valence-corrected chi connectivity index (χ3v) is 3.11. The van der Waals surface area contributed by atoms with E-state index in [0.29, 0.717) is 17.2 Å². The van der Waals surface area contributed by atoms with Gasteiger partial charge in [-0.2, -0.15) is 0 Å². The van der Waals surface area contributed by atoms with Crippen LogP contribution in [0.4, 0.5) is 15.8 Å². The summed E-state index contributed by atoms with van der Waals surface area (Å²) in [5, 5.41) is 2.59. The predicted molar refractivity (Wildman–Crippen MR) is 88.0 cm³/mol. The summed E-state index contributed by atoms with van der Waals surface area (Å²) in [6.45, 7) is 0. The zero-order valence-electron chi connectivity index (χ0n) is 12.8. The number of methoxy groups -OCH3 is 2. The summed E-state index contributed by atoms with van der Waals surface area (Å²) in [4.78, 5) is 11.9. The van der Waals surface area contributed by atoms with Crippen molar-refractivity contribution in [3.63, 3.8) is 0 Å². The Hall–Kier alpha value is -3.02. The van der Waals surface area contributed by atoms with Crippen LogP contribution in [0, 0.1) is 5.82 Å². The van der Waals surface area contributed by atoms with Gasteiger partial charge in [0.15, 0.2) is 11.5 Å². The molecule has 0 bridgehead atoms. The van der Waals surface area contributed by atoms with E-state index in [1.807, 2.05) is 0 Å². The zero-order chi connectivity index (χ0) is 16.8. The molecule has 6 heteroatoms. The number of halogens is 1. The standard InChI is InChI=1S/C17H17FN2O3/c1-22-15-7-3-11(9-16(15)23-2)4-8-17(21)20-14-6-5-12(18)10-13(14)19/h3-10H,19H2,1-2H3,(H,20,21)/b8-4+. The third kappa shape index (κ3) is 4.23. The molecule has 1 amide bonds. The summed E-state index contributed by atoms with van der Waals surface area (Å²) in [7, 11) is 3.09. The monoisotopic (exact) mass is 316 g/mol. The third-order valence-electron chi connectivity index (χ3n) is 3.11. The van der Waals surface area contributed by atoms with Gasteiger partial charge in [-0.25, -0.2) is 4.39 Å². The maximum atomic E-state index is 13.0. The van der Waals surface area contributed by atoms with E-state index in [4.69, 9.17) is 15.2 Å².